The summed E-state index contributed by atoms with van der Waals surface area (Å²) in [5.74, 6) is -4.06. The first-order chi connectivity index (χ1) is 18.6. The Balaban J connectivity index is 0.00000242. The molecule has 0 aromatic heterocycles. The number of allylic oxidation sites excluding steroid dienone is 4. The zero-order chi connectivity index (χ0) is 29.5. The molecule has 1 aromatic carbocycles. The molecule has 3 N–H and O–H groups in total. The number of benzene rings is 1. The smallest absolute Gasteiger partial charge is 1.00 e. The van der Waals surface area contributed by atoms with Gasteiger partial charge in [-0.2, -0.15) is 8.42 Å². The van der Waals surface area contributed by atoms with Gasteiger partial charge in [0.1, 0.15) is 6.61 Å². The molecule has 0 unspecified atom stereocenters. The van der Waals surface area contributed by atoms with Crippen LogP contribution in [0.1, 0.15) is 58.2 Å². The molecule has 0 saturated heterocycles. The minimum absolute atomic E-state index is 0. The van der Waals surface area contributed by atoms with Crippen LogP contribution in [0.4, 0.5) is 4.39 Å². The largest absolute Gasteiger partial charge is 1.00 e. The van der Waals surface area contributed by atoms with Gasteiger partial charge in [-0.15, -0.1) is 0 Å². The van der Waals surface area contributed by atoms with Gasteiger partial charge in [-0.1, -0.05) is 31.6 Å². The average molecular weight is 601 g/mol. The summed E-state index contributed by atoms with van der Waals surface area (Å²) in [6, 6.07) is 4.51. The van der Waals surface area contributed by atoms with E-state index in [9.17, 15) is 37.6 Å². The number of rotatable bonds is 5. The number of esters is 1. The van der Waals surface area contributed by atoms with Crippen LogP contribution >= 0.6 is 0 Å². The van der Waals surface area contributed by atoms with Crippen molar-refractivity contribution in [1.82, 2.24) is 0 Å². The van der Waals surface area contributed by atoms with Crippen molar-refractivity contribution >= 4 is 27.7 Å². The minimum atomic E-state index is -4.63. The van der Waals surface area contributed by atoms with Gasteiger partial charge in [0.05, 0.1) is 16.6 Å². The van der Waals surface area contributed by atoms with Crippen LogP contribution in [0, 0.1) is 28.6 Å². The van der Waals surface area contributed by atoms with Crippen LogP contribution in [-0.4, -0.2) is 64.7 Å². The first-order valence-corrected chi connectivity index (χ1v) is 14.8. The van der Waals surface area contributed by atoms with Crippen LogP contribution in [0.3, 0.4) is 0 Å². The maximum atomic E-state index is 17.4. The molecule has 4 aliphatic rings. The molecule has 0 heterocycles. The molecule has 5 rings (SSSR count). The third kappa shape index (κ3) is 4.38. The molecule has 41 heavy (non-hydrogen) atoms. The molecule has 0 amide bonds. The van der Waals surface area contributed by atoms with Crippen LogP contribution in [0.25, 0.3) is 0 Å². The quantitative estimate of drug-likeness (QED) is 0.243. The van der Waals surface area contributed by atoms with Crippen molar-refractivity contribution in [3.05, 3.63) is 53.6 Å². The molecule has 9 nitrogen and oxygen atoms in total. The fraction of sp³-hybridized carbons (Fsp3) is 0.552. The molecule has 0 spiro atoms. The maximum absolute atomic E-state index is 17.4. The topological polar surface area (TPSA) is 155 Å². The molecule has 1 aromatic rings. The molecular weight excluding hydrogens is 566 g/mol. The number of ketones is 2. The summed E-state index contributed by atoms with van der Waals surface area (Å²) < 4.78 is 56.1. The Morgan fingerprint density at radius 2 is 1.90 bits per heavy atom. The second-order valence-corrected chi connectivity index (χ2v) is 13.5. The van der Waals surface area contributed by atoms with E-state index in [2.05, 4.69) is 0 Å². The predicted octanol–water partition coefficient (Wildman–Crippen LogP) is 0.124. The van der Waals surface area contributed by atoms with Gasteiger partial charge in [-0.05, 0) is 68.9 Å². The number of ether oxygens (including phenoxy) is 1. The molecule has 3 saturated carbocycles. The van der Waals surface area contributed by atoms with Crippen LogP contribution in [-0.2, 0) is 24.4 Å². The van der Waals surface area contributed by atoms with Gasteiger partial charge < -0.3 is 16.4 Å². The fourth-order valence-electron chi connectivity index (χ4n) is 8.50. The van der Waals surface area contributed by atoms with E-state index in [1.165, 1.54) is 30.4 Å². The van der Waals surface area contributed by atoms with Crippen LogP contribution in [0.2, 0.25) is 0 Å². The van der Waals surface area contributed by atoms with Crippen LogP contribution < -0.4 is 29.6 Å². The number of halogens is 1. The maximum Gasteiger partial charge on any atom is 1.00 e. The molecule has 8 atom stereocenters. The van der Waals surface area contributed by atoms with Crippen molar-refractivity contribution in [1.29, 1.82) is 0 Å². The van der Waals surface area contributed by atoms with Gasteiger partial charge in [0.25, 0.3) is 10.1 Å². The van der Waals surface area contributed by atoms with Gasteiger partial charge in [0.2, 0.25) is 5.78 Å². The molecule has 3 fully saturated rings. The van der Waals surface area contributed by atoms with E-state index in [4.69, 9.17) is 4.74 Å². The van der Waals surface area contributed by atoms with E-state index >= 15 is 4.39 Å². The number of hydrogen-bond acceptors (Lipinski definition) is 8. The van der Waals surface area contributed by atoms with Crippen molar-refractivity contribution in [2.75, 3.05) is 6.61 Å². The third-order valence-corrected chi connectivity index (χ3v) is 11.2. The number of Topliss-reactive ketones (excluding diaryl/α,β-unsaturated/α-hetero) is 1. The SMILES string of the molecule is C[C@@H]1C[C@H]2[C@@H]3CCC4=CC(=O)C=C[C@]4(C)[C@@]3(F)[C@@H](O)C[C@]2(C)[C@@]1(OC(=O)c1cccc(S(=O)(=O)O)c1)C(=O)CO.[H-].[Na+]. The Morgan fingerprint density at radius 1 is 1.22 bits per heavy atom. The molecule has 218 valence electrons. The summed E-state index contributed by atoms with van der Waals surface area (Å²) in [6.45, 7) is 4.06. The van der Waals surface area contributed by atoms with E-state index in [0.29, 0.717) is 18.4 Å². The normalized spacial score (nSPS) is 39.5. The zero-order valence-corrected chi connectivity index (χ0v) is 26.3. The number of hydrogen-bond donors (Lipinski definition) is 3. The third-order valence-electron chi connectivity index (χ3n) is 10.4. The number of carbonyl (C=O) groups excluding carboxylic acids is 3. The summed E-state index contributed by atoms with van der Waals surface area (Å²) in [6.07, 6.45) is 3.39. The molecule has 12 heteroatoms. The van der Waals surface area contributed by atoms with E-state index in [-0.39, 0.29) is 55.2 Å². The number of aliphatic hydroxyl groups is 2. The Bertz CT molecular complexity index is 1480. The van der Waals surface area contributed by atoms with E-state index < -0.39 is 79.3 Å². The number of fused-ring (bicyclic) bond motifs is 5. The number of alkyl halides is 1. The van der Waals surface area contributed by atoms with Crippen LogP contribution in [0.5, 0.6) is 0 Å². The van der Waals surface area contributed by atoms with E-state index in [1.54, 1.807) is 20.8 Å². The summed E-state index contributed by atoms with van der Waals surface area (Å²) >= 11 is 0. The van der Waals surface area contributed by atoms with Gasteiger partial charge in [-0.25, -0.2) is 9.18 Å². The van der Waals surface area contributed by atoms with Gasteiger partial charge >= 0.3 is 35.5 Å². The molecule has 0 radical (unpaired) electrons. The average Bonchev–Trinajstić information content (AvgIpc) is 3.11. The van der Waals surface area contributed by atoms with Crippen molar-refractivity contribution in [2.45, 2.75) is 68.7 Å². The molecule has 0 bridgehead atoms. The Hall–Kier alpha value is -1.73. The van der Waals surface area contributed by atoms with Gasteiger partial charge in [-0.3, -0.25) is 14.1 Å². The number of aliphatic hydroxyl groups excluding tert-OH is 2. The second kappa shape index (κ2) is 10.5. The molecular formula is C29H34FNaO9S. The number of carbonyl (C=O) groups is 3. The standard InChI is InChI=1S/C29H33FO9S.Na.H/c1-16-11-22-21-8-7-18-13-19(32)9-10-26(18,2)28(21,30)23(33)14-27(22,3)29(16,24(34)15-31)39-25(35)17-5-4-6-20(12-17)40(36,37)38;;/h4-6,9-10,12-13,16,21-23,31,33H,7-8,11,14-15H2,1-3H3,(H,36,37,38);;/q;+1;-1/t16-,21+,22+,23+,26+,27+,28+,29+;;/m1../s1. The van der Waals surface area contributed by atoms with Crippen LogP contribution in [0.15, 0.2) is 53.0 Å². The summed E-state index contributed by atoms with van der Waals surface area (Å²) in [4.78, 5) is 38.6. The first kappa shape index (κ1) is 32.2. The predicted molar refractivity (Wildman–Crippen MR) is 141 cm³/mol. The summed E-state index contributed by atoms with van der Waals surface area (Å²) in [7, 11) is -4.63. The summed E-state index contributed by atoms with van der Waals surface area (Å²) in [5.41, 5.74) is -6.27. The summed E-state index contributed by atoms with van der Waals surface area (Å²) in [5, 5.41) is 21.6. The Kier molecular flexibility index (Phi) is 8.22. The molecule has 4 aliphatic carbocycles. The first-order valence-electron chi connectivity index (χ1n) is 13.3. The van der Waals surface area contributed by atoms with E-state index in [0.717, 1.165) is 12.1 Å². The molecule has 0 aliphatic heterocycles. The van der Waals surface area contributed by atoms with E-state index in [1.807, 2.05) is 0 Å². The van der Waals surface area contributed by atoms with Crippen molar-refractivity contribution < 1.29 is 77.7 Å². The Morgan fingerprint density at radius 3 is 2.54 bits per heavy atom. The second-order valence-electron chi connectivity index (χ2n) is 12.1. The van der Waals surface area contributed by atoms with Crippen molar-refractivity contribution in [3.8, 4) is 0 Å². The van der Waals surface area contributed by atoms with Crippen molar-refractivity contribution in [2.24, 2.45) is 28.6 Å². The fourth-order valence-corrected chi connectivity index (χ4v) is 9.03. The van der Waals surface area contributed by atoms with Gasteiger partial charge in [0.15, 0.2) is 17.1 Å². The minimum Gasteiger partial charge on any atom is -1.00 e. The van der Waals surface area contributed by atoms with Crippen molar-refractivity contribution in [3.63, 3.8) is 0 Å². The monoisotopic (exact) mass is 600 g/mol. The Labute approximate surface area is 261 Å². The zero-order valence-electron chi connectivity index (χ0n) is 24.5. The van der Waals surface area contributed by atoms with Gasteiger partial charge in [0, 0.05) is 22.7 Å².